The average molecular weight is 331 g/mol. The zero-order valence-electron chi connectivity index (χ0n) is 13.9. The van der Waals surface area contributed by atoms with Crippen molar-refractivity contribution in [2.75, 3.05) is 25.0 Å². The molecular formula is C20H27ClN2. The molecule has 3 unspecified atom stereocenters. The molecule has 124 valence electrons. The molecule has 0 radical (unpaired) electrons. The van der Waals surface area contributed by atoms with Gasteiger partial charge < -0.3 is 10.2 Å². The Morgan fingerprint density at radius 2 is 1.91 bits per heavy atom. The van der Waals surface area contributed by atoms with E-state index in [-0.39, 0.29) is 0 Å². The lowest BCUT2D eigenvalue weighted by molar-refractivity contribution is 0.0668. The summed E-state index contributed by atoms with van der Waals surface area (Å²) in [5.41, 5.74) is 3.14. The van der Waals surface area contributed by atoms with Crippen LogP contribution in [-0.2, 0) is 5.41 Å². The molecule has 1 aromatic carbocycles. The molecule has 2 bridgehead atoms. The largest absolute Gasteiger partial charge is 0.384 e. The Bertz CT molecular complexity index is 606. The number of hydrogen-bond acceptors (Lipinski definition) is 2. The molecule has 23 heavy (non-hydrogen) atoms. The summed E-state index contributed by atoms with van der Waals surface area (Å²) in [6.45, 7) is 3.66. The van der Waals surface area contributed by atoms with Gasteiger partial charge >= 0.3 is 0 Å². The standard InChI is InChI=1S/C20H27ClN2/c21-16-4-5-18-17(12-16)20(13-22-18)7-9-23(10-8-20)19-6-2-14-1-3-15(19)11-14/h4-5,12,14-15,19,22H,1-3,6-11,13H2. The maximum Gasteiger partial charge on any atom is 0.0410 e. The third-order valence-corrected chi connectivity index (χ3v) is 7.63. The summed E-state index contributed by atoms with van der Waals surface area (Å²) in [5.74, 6) is 2.08. The fraction of sp³-hybridized carbons (Fsp3) is 0.700. The number of nitrogens with one attached hydrogen (secondary N) is 1. The van der Waals surface area contributed by atoms with E-state index in [2.05, 4.69) is 22.3 Å². The Morgan fingerprint density at radius 3 is 2.78 bits per heavy atom. The van der Waals surface area contributed by atoms with Gasteiger partial charge in [0.25, 0.3) is 0 Å². The summed E-state index contributed by atoms with van der Waals surface area (Å²) in [5, 5.41) is 4.52. The second kappa shape index (κ2) is 5.39. The van der Waals surface area contributed by atoms with E-state index in [0.717, 1.165) is 29.4 Å². The molecule has 3 atom stereocenters. The smallest absolute Gasteiger partial charge is 0.0410 e. The first kappa shape index (κ1) is 14.6. The van der Waals surface area contributed by atoms with Gasteiger partial charge in [0, 0.05) is 28.7 Å². The normalized spacial score (nSPS) is 35.3. The Labute approximate surface area is 144 Å². The minimum atomic E-state index is 0.337. The first-order valence-electron chi connectivity index (χ1n) is 9.51. The predicted molar refractivity (Wildman–Crippen MR) is 96.3 cm³/mol. The molecule has 5 rings (SSSR count). The number of nitrogens with zero attached hydrogens (tertiary/aromatic N) is 1. The van der Waals surface area contributed by atoms with Gasteiger partial charge in [0.2, 0.25) is 0 Å². The van der Waals surface area contributed by atoms with E-state index in [1.807, 2.05) is 6.07 Å². The molecule has 0 amide bonds. The highest BCUT2D eigenvalue weighted by molar-refractivity contribution is 6.30. The van der Waals surface area contributed by atoms with Crippen LogP contribution in [0.2, 0.25) is 5.02 Å². The molecule has 3 fully saturated rings. The minimum absolute atomic E-state index is 0.337. The summed E-state index contributed by atoms with van der Waals surface area (Å²) >= 11 is 6.28. The van der Waals surface area contributed by atoms with Crippen LogP contribution in [-0.4, -0.2) is 30.6 Å². The number of anilines is 1. The number of piperidine rings is 1. The van der Waals surface area contributed by atoms with E-state index < -0.39 is 0 Å². The summed E-state index contributed by atoms with van der Waals surface area (Å²) in [6, 6.07) is 7.28. The lowest BCUT2D eigenvalue weighted by Gasteiger charge is -2.45. The number of likely N-dealkylation sites (tertiary alicyclic amines) is 1. The third-order valence-electron chi connectivity index (χ3n) is 7.39. The molecule has 1 N–H and O–H groups in total. The van der Waals surface area contributed by atoms with Crippen LogP contribution < -0.4 is 5.32 Å². The van der Waals surface area contributed by atoms with Gasteiger partial charge in [0.05, 0.1) is 0 Å². The average Bonchev–Trinajstić information content (AvgIpc) is 3.11. The Hall–Kier alpha value is -0.730. The van der Waals surface area contributed by atoms with Gasteiger partial charge in [-0.15, -0.1) is 0 Å². The molecular weight excluding hydrogens is 304 g/mol. The molecule has 2 heterocycles. The molecule has 0 aromatic heterocycles. The van der Waals surface area contributed by atoms with Crippen LogP contribution in [0.5, 0.6) is 0 Å². The molecule has 4 aliphatic rings. The molecule has 2 saturated carbocycles. The van der Waals surface area contributed by atoms with Crippen LogP contribution in [0.25, 0.3) is 0 Å². The monoisotopic (exact) mass is 330 g/mol. The summed E-state index contributed by atoms with van der Waals surface area (Å²) in [7, 11) is 0. The fourth-order valence-corrected chi connectivity index (χ4v) is 6.22. The van der Waals surface area contributed by atoms with Crippen LogP contribution in [0.3, 0.4) is 0 Å². The Morgan fingerprint density at radius 1 is 1.09 bits per heavy atom. The first-order chi connectivity index (χ1) is 11.2. The van der Waals surface area contributed by atoms with Crippen molar-refractivity contribution in [1.82, 2.24) is 4.90 Å². The fourth-order valence-electron chi connectivity index (χ4n) is 6.05. The van der Waals surface area contributed by atoms with Crippen molar-refractivity contribution in [2.45, 2.75) is 56.4 Å². The Kier molecular flexibility index (Phi) is 3.42. The quantitative estimate of drug-likeness (QED) is 0.804. The van der Waals surface area contributed by atoms with Gasteiger partial charge in [-0.25, -0.2) is 0 Å². The van der Waals surface area contributed by atoms with Gasteiger partial charge in [-0.1, -0.05) is 18.0 Å². The number of rotatable bonds is 1. The maximum absolute atomic E-state index is 6.28. The molecule has 2 aliphatic carbocycles. The van der Waals surface area contributed by atoms with Crippen molar-refractivity contribution >= 4 is 17.3 Å². The van der Waals surface area contributed by atoms with Gasteiger partial charge in [0.1, 0.15) is 0 Å². The zero-order chi connectivity index (χ0) is 15.4. The van der Waals surface area contributed by atoms with E-state index >= 15 is 0 Å². The second-order valence-corrected chi connectivity index (χ2v) is 8.88. The van der Waals surface area contributed by atoms with E-state index in [1.165, 1.54) is 69.3 Å². The number of halogens is 1. The highest BCUT2D eigenvalue weighted by Gasteiger charge is 2.45. The van der Waals surface area contributed by atoms with Crippen LogP contribution >= 0.6 is 11.6 Å². The van der Waals surface area contributed by atoms with Gasteiger partial charge in [0.15, 0.2) is 0 Å². The molecule has 2 aliphatic heterocycles. The van der Waals surface area contributed by atoms with Crippen molar-refractivity contribution in [3.8, 4) is 0 Å². The van der Waals surface area contributed by atoms with Crippen molar-refractivity contribution in [1.29, 1.82) is 0 Å². The lowest BCUT2D eigenvalue weighted by Crippen LogP contribution is -2.50. The van der Waals surface area contributed by atoms with Crippen LogP contribution in [0, 0.1) is 11.8 Å². The van der Waals surface area contributed by atoms with Crippen LogP contribution in [0.4, 0.5) is 5.69 Å². The molecule has 1 spiro atoms. The summed E-state index contributed by atoms with van der Waals surface area (Å²) in [6.07, 6.45) is 10.1. The van der Waals surface area contributed by atoms with Gasteiger partial charge in [-0.3, -0.25) is 0 Å². The molecule has 1 aromatic rings. The Balaban J connectivity index is 1.33. The number of hydrogen-bond donors (Lipinski definition) is 1. The first-order valence-corrected chi connectivity index (χ1v) is 9.89. The molecule has 2 nitrogen and oxygen atoms in total. The lowest BCUT2D eigenvalue weighted by atomic mass is 9.73. The van der Waals surface area contributed by atoms with E-state index in [0.29, 0.717) is 5.41 Å². The number of benzene rings is 1. The van der Waals surface area contributed by atoms with E-state index in [9.17, 15) is 0 Å². The van der Waals surface area contributed by atoms with Crippen LogP contribution in [0.15, 0.2) is 18.2 Å². The van der Waals surface area contributed by atoms with Gasteiger partial charge in [-0.05, 0) is 87.2 Å². The predicted octanol–water partition coefficient (Wildman–Crippen LogP) is 4.68. The van der Waals surface area contributed by atoms with Crippen molar-refractivity contribution in [2.24, 2.45) is 11.8 Å². The van der Waals surface area contributed by atoms with Crippen LogP contribution in [0.1, 0.15) is 50.5 Å². The molecule has 1 saturated heterocycles. The second-order valence-electron chi connectivity index (χ2n) is 8.44. The highest BCUT2D eigenvalue weighted by Crippen LogP contribution is 2.48. The molecule has 3 heteroatoms. The van der Waals surface area contributed by atoms with Crippen molar-refractivity contribution < 1.29 is 0 Å². The zero-order valence-corrected chi connectivity index (χ0v) is 14.6. The number of fused-ring (bicyclic) bond motifs is 4. The highest BCUT2D eigenvalue weighted by atomic mass is 35.5. The van der Waals surface area contributed by atoms with Gasteiger partial charge in [-0.2, -0.15) is 0 Å². The van der Waals surface area contributed by atoms with E-state index in [4.69, 9.17) is 11.6 Å². The maximum atomic E-state index is 6.28. The topological polar surface area (TPSA) is 15.3 Å². The van der Waals surface area contributed by atoms with E-state index in [1.54, 1.807) is 0 Å². The third kappa shape index (κ3) is 2.33. The summed E-state index contributed by atoms with van der Waals surface area (Å²) in [4.78, 5) is 2.85. The summed E-state index contributed by atoms with van der Waals surface area (Å²) < 4.78 is 0. The van der Waals surface area contributed by atoms with Crippen molar-refractivity contribution in [3.05, 3.63) is 28.8 Å². The van der Waals surface area contributed by atoms with Crippen molar-refractivity contribution in [3.63, 3.8) is 0 Å². The SMILES string of the molecule is Clc1ccc2c(c1)C1(CCN(C3CCC4CCC3C4)CC1)CN2. The minimum Gasteiger partial charge on any atom is -0.384 e.